The Morgan fingerprint density at radius 2 is 1.97 bits per heavy atom. The molecule has 2 aliphatic heterocycles. The van der Waals surface area contributed by atoms with Gasteiger partial charge in [-0.15, -0.1) is 0 Å². The van der Waals surface area contributed by atoms with E-state index < -0.39 is 24.6 Å². The monoisotopic (exact) mass is 549 g/mol. The molecule has 0 spiro atoms. The molecule has 0 fully saturated rings. The Bertz CT molecular complexity index is 1240. The molecule has 3 heterocycles. The highest BCUT2D eigenvalue weighted by molar-refractivity contribution is 5.93. The van der Waals surface area contributed by atoms with E-state index in [9.17, 15) is 23.1 Å². The Kier molecular flexibility index (Phi) is 8.67. The highest BCUT2D eigenvalue weighted by atomic mass is 19.4. The zero-order valence-electron chi connectivity index (χ0n) is 21.3. The maximum atomic E-state index is 13.1. The molecule has 0 aliphatic carbocycles. The molecule has 4 rings (SSSR count). The van der Waals surface area contributed by atoms with Crippen LogP contribution in [0.25, 0.3) is 0 Å². The van der Waals surface area contributed by atoms with Gasteiger partial charge >= 0.3 is 12.1 Å². The second-order valence-electron chi connectivity index (χ2n) is 9.24. The molecule has 1 atom stereocenters. The molecule has 0 saturated carbocycles. The lowest BCUT2D eigenvalue weighted by Crippen LogP contribution is -2.32. The van der Waals surface area contributed by atoms with Crippen molar-refractivity contribution in [2.24, 2.45) is 0 Å². The van der Waals surface area contributed by atoms with E-state index in [4.69, 9.17) is 19.6 Å². The van der Waals surface area contributed by atoms with Crippen molar-refractivity contribution in [3.63, 3.8) is 0 Å². The van der Waals surface area contributed by atoms with Crippen LogP contribution >= 0.6 is 0 Å². The number of nitrogens with zero attached hydrogens (tertiary/aromatic N) is 2. The van der Waals surface area contributed by atoms with Gasteiger partial charge in [0.15, 0.2) is 17.4 Å². The van der Waals surface area contributed by atoms with Crippen molar-refractivity contribution < 1.29 is 37.3 Å². The maximum Gasteiger partial charge on any atom is 0.406 e. The normalized spacial score (nSPS) is 15.0. The fourth-order valence-electron chi connectivity index (χ4n) is 4.32. The van der Waals surface area contributed by atoms with Gasteiger partial charge in [0.1, 0.15) is 12.4 Å². The molecule has 2 aliphatic rings. The molecule has 1 aromatic carbocycles. The van der Waals surface area contributed by atoms with Gasteiger partial charge in [-0.2, -0.15) is 13.2 Å². The standard InChI is InChI=1S/C26H30F3N5O5/c1-34(14-26(27,28)29)23(37-9-6-19-3-4-20-25(33-19)32-8-7-31-20)13-18(30)10-17(12-24(35)36)16-2-5-21-22(11-16)39-15-38-21/h2-5,11,13,17,30-31H,6-10,12,14-15H2,1H3,(H,32,33)(H,35,36)/b23-13+,30-18?. The highest BCUT2D eigenvalue weighted by Gasteiger charge is 2.31. The predicted molar refractivity (Wildman–Crippen MR) is 138 cm³/mol. The molecule has 39 heavy (non-hydrogen) atoms. The summed E-state index contributed by atoms with van der Waals surface area (Å²) in [4.78, 5) is 16.9. The first-order valence-electron chi connectivity index (χ1n) is 12.4. The highest BCUT2D eigenvalue weighted by Crippen LogP contribution is 2.36. The minimum atomic E-state index is -4.49. The van der Waals surface area contributed by atoms with E-state index in [0.717, 1.165) is 23.7 Å². The van der Waals surface area contributed by atoms with Gasteiger partial charge in [0.25, 0.3) is 0 Å². The fraction of sp³-hybridized carbons (Fsp3) is 0.423. The molecule has 0 saturated heterocycles. The summed E-state index contributed by atoms with van der Waals surface area (Å²) in [6.07, 6.45) is -3.27. The van der Waals surface area contributed by atoms with E-state index >= 15 is 0 Å². The molecule has 0 radical (unpaired) electrons. The van der Waals surface area contributed by atoms with E-state index in [-0.39, 0.29) is 37.8 Å². The molecular formula is C26H30F3N5O5. The Morgan fingerprint density at radius 3 is 2.74 bits per heavy atom. The summed E-state index contributed by atoms with van der Waals surface area (Å²) >= 11 is 0. The molecule has 0 amide bonds. The first-order valence-corrected chi connectivity index (χ1v) is 12.4. The summed E-state index contributed by atoms with van der Waals surface area (Å²) in [6, 6.07) is 8.72. The van der Waals surface area contributed by atoms with Crippen LogP contribution in [0, 0.1) is 5.41 Å². The quantitative estimate of drug-likeness (QED) is 0.227. The number of carboxylic acids is 1. The lowest BCUT2D eigenvalue weighted by Gasteiger charge is -2.25. The Labute approximate surface area is 223 Å². The molecule has 10 nitrogen and oxygen atoms in total. The van der Waals surface area contributed by atoms with E-state index in [1.165, 1.54) is 13.1 Å². The Hall–Kier alpha value is -4.16. The molecule has 1 aromatic heterocycles. The number of hydrogen-bond acceptors (Lipinski definition) is 9. The Balaban J connectivity index is 1.47. The minimum Gasteiger partial charge on any atom is -0.481 e. The van der Waals surface area contributed by atoms with Crippen molar-refractivity contribution >= 4 is 23.2 Å². The van der Waals surface area contributed by atoms with Gasteiger partial charge in [-0.05, 0) is 42.2 Å². The number of aromatic nitrogens is 1. The topological polar surface area (TPSA) is 129 Å². The summed E-state index contributed by atoms with van der Waals surface area (Å²) < 4.78 is 55.8. The predicted octanol–water partition coefficient (Wildman–Crippen LogP) is 4.21. The van der Waals surface area contributed by atoms with Crippen LogP contribution < -0.4 is 20.1 Å². The zero-order chi connectivity index (χ0) is 28.0. The number of benzene rings is 1. The van der Waals surface area contributed by atoms with Gasteiger partial charge in [-0.25, -0.2) is 4.98 Å². The number of halogens is 3. The van der Waals surface area contributed by atoms with Gasteiger partial charge < -0.3 is 40.3 Å². The lowest BCUT2D eigenvalue weighted by molar-refractivity contribution is -0.144. The third-order valence-corrected chi connectivity index (χ3v) is 6.14. The second kappa shape index (κ2) is 12.1. The van der Waals surface area contributed by atoms with E-state index in [1.54, 1.807) is 18.2 Å². The fourth-order valence-corrected chi connectivity index (χ4v) is 4.32. The number of nitrogens with one attached hydrogen (secondary N) is 3. The van der Waals surface area contributed by atoms with Crippen molar-refractivity contribution in [3.8, 4) is 11.5 Å². The van der Waals surface area contributed by atoms with E-state index in [2.05, 4.69) is 15.6 Å². The summed E-state index contributed by atoms with van der Waals surface area (Å²) in [6.45, 7) is 0.319. The number of carbonyl (C=O) groups is 1. The number of pyridine rings is 1. The van der Waals surface area contributed by atoms with Crippen LogP contribution in [0.4, 0.5) is 24.7 Å². The summed E-state index contributed by atoms with van der Waals surface area (Å²) in [5, 5.41) is 24.3. The van der Waals surface area contributed by atoms with Crippen LogP contribution in [-0.4, -0.2) is 72.9 Å². The molecular weight excluding hydrogens is 519 g/mol. The number of hydrogen-bond donors (Lipinski definition) is 4. The van der Waals surface area contributed by atoms with Crippen LogP contribution in [0.5, 0.6) is 11.5 Å². The first kappa shape index (κ1) is 27.9. The van der Waals surface area contributed by atoms with Crippen molar-refractivity contribution in [2.75, 3.05) is 50.7 Å². The minimum absolute atomic E-state index is 0.0290. The Morgan fingerprint density at radius 1 is 1.21 bits per heavy atom. The third kappa shape index (κ3) is 7.91. The van der Waals surface area contributed by atoms with Crippen LogP contribution in [0.1, 0.15) is 30.0 Å². The molecule has 210 valence electrons. The first-order chi connectivity index (χ1) is 18.6. The van der Waals surface area contributed by atoms with Gasteiger partial charge in [-0.1, -0.05) is 6.07 Å². The zero-order valence-corrected chi connectivity index (χ0v) is 21.3. The number of ether oxygens (including phenoxy) is 3. The van der Waals surface area contributed by atoms with Crippen molar-refractivity contribution in [1.82, 2.24) is 9.88 Å². The average molecular weight is 550 g/mol. The van der Waals surface area contributed by atoms with Gasteiger partial charge in [0.2, 0.25) is 6.79 Å². The van der Waals surface area contributed by atoms with Crippen molar-refractivity contribution in [2.45, 2.75) is 31.4 Å². The number of carboxylic acid groups (broad SMARTS) is 1. The summed E-state index contributed by atoms with van der Waals surface area (Å²) in [7, 11) is 1.23. The summed E-state index contributed by atoms with van der Waals surface area (Å²) in [5.41, 5.74) is 2.11. The molecule has 0 bridgehead atoms. The molecule has 1 unspecified atom stereocenters. The van der Waals surface area contributed by atoms with Gasteiger partial charge in [0.05, 0.1) is 18.7 Å². The molecule has 13 heteroatoms. The van der Waals surface area contributed by atoms with Crippen LogP contribution in [0.15, 0.2) is 42.3 Å². The van der Waals surface area contributed by atoms with Crippen LogP contribution in [-0.2, 0) is 16.0 Å². The summed E-state index contributed by atoms with van der Waals surface area (Å²) in [5.74, 6) is -0.111. The number of rotatable bonds is 12. The number of anilines is 2. The number of fused-ring (bicyclic) bond motifs is 2. The smallest absolute Gasteiger partial charge is 0.406 e. The number of allylic oxidation sites excluding steroid dienone is 1. The van der Waals surface area contributed by atoms with E-state index in [0.29, 0.717) is 35.0 Å². The maximum absolute atomic E-state index is 13.1. The van der Waals surface area contributed by atoms with Crippen LogP contribution in [0.3, 0.4) is 0 Å². The van der Waals surface area contributed by atoms with Gasteiger partial charge in [0, 0.05) is 44.0 Å². The largest absolute Gasteiger partial charge is 0.481 e. The number of aliphatic carboxylic acids is 1. The second-order valence-corrected chi connectivity index (χ2v) is 9.24. The van der Waals surface area contributed by atoms with Crippen molar-refractivity contribution in [1.29, 1.82) is 5.41 Å². The third-order valence-electron chi connectivity index (χ3n) is 6.14. The van der Waals surface area contributed by atoms with Gasteiger partial charge in [-0.3, -0.25) is 4.79 Å². The van der Waals surface area contributed by atoms with Crippen LogP contribution in [0.2, 0.25) is 0 Å². The lowest BCUT2D eigenvalue weighted by atomic mass is 9.90. The average Bonchev–Trinajstić information content (AvgIpc) is 3.34. The number of alkyl halides is 3. The van der Waals surface area contributed by atoms with Crippen molar-refractivity contribution in [3.05, 3.63) is 53.5 Å². The SMILES string of the molecule is CN(CC(F)(F)F)/C(=C\C(=N)CC(CC(=O)O)c1ccc2c(c1)OCO2)OCCc1ccc2c(n1)NCCN2. The molecule has 2 aromatic rings. The molecule has 4 N–H and O–H groups in total. The van der Waals surface area contributed by atoms with E-state index in [1.807, 2.05) is 12.1 Å².